The maximum atomic E-state index is 13.4. The molecule has 5 saturated carbocycles. The average molecular weight is 499 g/mol. The van der Waals surface area contributed by atoms with Gasteiger partial charge in [-0.3, -0.25) is 9.59 Å². The molecule has 6 aliphatic rings. The Bertz CT molecular complexity index is 983. The van der Waals surface area contributed by atoms with Crippen LogP contribution in [0.1, 0.15) is 120 Å². The molecule has 1 aliphatic heterocycles. The maximum absolute atomic E-state index is 13.4. The highest BCUT2D eigenvalue weighted by atomic mass is 16.6. The van der Waals surface area contributed by atoms with E-state index >= 15 is 0 Å². The summed E-state index contributed by atoms with van der Waals surface area (Å²) in [5, 5.41) is 0. The molecule has 0 radical (unpaired) electrons. The van der Waals surface area contributed by atoms with Crippen molar-refractivity contribution < 1.29 is 19.1 Å². The second-order valence-electron chi connectivity index (χ2n) is 16.1. The van der Waals surface area contributed by atoms with E-state index in [9.17, 15) is 9.59 Å². The first-order chi connectivity index (χ1) is 16.6. The Labute approximate surface area is 219 Å². The minimum atomic E-state index is -0.210. The lowest BCUT2D eigenvalue weighted by atomic mass is 9.31. The number of carbonyl (C=O) groups is 2. The van der Waals surface area contributed by atoms with E-state index in [1.807, 2.05) is 0 Å². The third-order valence-electron chi connectivity index (χ3n) is 14.3. The summed E-state index contributed by atoms with van der Waals surface area (Å²) in [6, 6.07) is 0. The molecule has 4 heteroatoms. The molecule has 5 aliphatic carbocycles. The highest BCUT2D eigenvalue weighted by Gasteiger charge is 2.75. The zero-order chi connectivity index (χ0) is 26.1. The zero-order valence-corrected chi connectivity index (χ0v) is 24.2. The quantitative estimate of drug-likeness (QED) is 0.355. The van der Waals surface area contributed by atoms with Gasteiger partial charge in [-0.2, -0.15) is 0 Å². The van der Waals surface area contributed by atoms with Gasteiger partial charge in [-0.05, 0) is 98.2 Å². The van der Waals surface area contributed by atoms with Gasteiger partial charge in [-0.15, -0.1) is 0 Å². The summed E-state index contributed by atoms with van der Waals surface area (Å²) in [5.41, 5.74) is 0.665. The molecule has 0 N–H and O–H groups in total. The first-order valence-corrected chi connectivity index (χ1v) is 15.0. The highest BCUT2D eigenvalue weighted by Crippen LogP contribution is 2.78. The van der Waals surface area contributed by atoms with E-state index in [-0.39, 0.29) is 56.6 Å². The second-order valence-corrected chi connectivity index (χ2v) is 16.1. The van der Waals surface area contributed by atoms with Crippen LogP contribution in [0.25, 0.3) is 0 Å². The molecule has 0 amide bonds. The Morgan fingerprint density at radius 3 is 2.19 bits per heavy atom. The molecule has 0 unspecified atom stereocenters. The van der Waals surface area contributed by atoms with Gasteiger partial charge in [0.2, 0.25) is 0 Å². The van der Waals surface area contributed by atoms with E-state index < -0.39 is 0 Å². The lowest BCUT2D eigenvalue weighted by molar-refractivity contribution is -0.254. The molecule has 6 rings (SSSR count). The summed E-state index contributed by atoms with van der Waals surface area (Å²) < 4.78 is 12.2. The van der Waals surface area contributed by atoms with Gasteiger partial charge in [0.15, 0.2) is 0 Å². The Kier molecular flexibility index (Phi) is 5.13. The molecule has 1 heterocycles. The predicted molar refractivity (Wildman–Crippen MR) is 140 cm³/mol. The lowest BCUT2D eigenvalue weighted by Crippen LogP contribution is -2.68. The van der Waals surface area contributed by atoms with E-state index in [4.69, 9.17) is 9.47 Å². The summed E-state index contributed by atoms with van der Waals surface area (Å²) in [6.45, 7) is 18.9. The molecular formula is C32H50O4. The van der Waals surface area contributed by atoms with Crippen molar-refractivity contribution in [1.82, 2.24) is 0 Å². The number of carbonyl (C=O) groups excluding carboxylic acids is 2. The van der Waals surface area contributed by atoms with Gasteiger partial charge in [0, 0.05) is 23.7 Å². The predicted octanol–water partition coefficient (Wildman–Crippen LogP) is 7.34. The van der Waals surface area contributed by atoms with Crippen LogP contribution in [0.3, 0.4) is 0 Å². The van der Waals surface area contributed by atoms with Crippen LogP contribution < -0.4 is 0 Å². The number of hydrogen-bond donors (Lipinski definition) is 0. The molecule has 4 nitrogen and oxygen atoms in total. The Morgan fingerprint density at radius 1 is 0.806 bits per heavy atom. The summed E-state index contributed by atoms with van der Waals surface area (Å²) in [7, 11) is 0. The first-order valence-electron chi connectivity index (χ1n) is 15.0. The minimum Gasteiger partial charge on any atom is -0.462 e. The van der Waals surface area contributed by atoms with Crippen molar-refractivity contribution in [3.8, 4) is 0 Å². The third kappa shape index (κ3) is 2.83. The fraction of sp³-hybridized carbons (Fsp3) is 0.938. The number of hydrogen-bond acceptors (Lipinski definition) is 4. The minimum absolute atomic E-state index is 0.00113. The van der Waals surface area contributed by atoms with Gasteiger partial charge in [0.05, 0.1) is 5.41 Å². The summed E-state index contributed by atoms with van der Waals surface area (Å²) in [5.74, 6) is 2.23. The molecular weight excluding hydrogens is 448 g/mol. The van der Waals surface area contributed by atoms with E-state index in [1.165, 1.54) is 32.1 Å². The number of fused-ring (bicyclic) bond motifs is 5. The SMILES string of the molecule is CC(=O)O[C@@H]1CC[C@@]2(C)[C@H](CC[C@]3(C)[C@@H]2CC[C@H]2[C@H]4[C@H]5OC(=O)[C@@]4(CCC5(C)C)CC[C@]23C)C1(C)C. The molecule has 2 bridgehead atoms. The first kappa shape index (κ1) is 25.2. The molecule has 0 aromatic carbocycles. The fourth-order valence-corrected chi connectivity index (χ4v) is 12.2. The fourth-order valence-electron chi connectivity index (χ4n) is 12.2. The standard InChI is InChI=1S/C32H50O4/c1-19(33)35-23-12-13-29(6)21(28(23,4)5)11-14-31(8)22(29)10-9-20-24-25-27(2,3)15-17-32(24,26(34)36-25)18-16-30(20,31)7/h20-25H,9-18H2,1-8H3/t20-,21+,22+,23+,24-,25+,29-,30+,31+,32-/m0/s1. The molecule has 0 aromatic heterocycles. The average Bonchev–Trinajstić information content (AvgIpc) is 3.03. The molecule has 36 heavy (non-hydrogen) atoms. The van der Waals surface area contributed by atoms with Gasteiger partial charge in [0.25, 0.3) is 0 Å². The van der Waals surface area contributed by atoms with Crippen LogP contribution in [0.4, 0.5) is 0 Å². The summed E-state index contributed by atoms with van der Waals surface area (Å²) in [4.78, 5) is 25.3. The van der Waals surface area contributed by atoms with Crippen LogP contribution >= 0.6 is 0 Å². The van der Waals surface area contributed by atoms with E-state index in [1.54, 1.807) is 6.92 Å². The summed E-state index contributed by atoms with van der Waals surface area (Å²) in [6.07, 6.45) is 11.6. The van der Waals surface area contributed by atoms with Crippen molar-refractivity contribution in [3.05, 3.63) is 0 Å². The zero-order valence-electron chi connectivity index (χ0n) is 24.2. The van der Waals surface area contributed by atoms with E-state index in [2.05, 4.69) is 48.5 Å². The van der Waals surface area contributed by atoms with Crippen LogP contribution in [-0.4, -0.2) is 24.1 Å². The Hall–Kier alpha value is -1.06. The monoisotopic (exact) mass is 498 g/mol. The Balaban J connectivity index is 1.36. The molecule has 0 aromatic rings. The van der Waals surface area contributed by atoms with Gasteiger partial charge in [-0.1, -0.05) is 48.5 Å². The lowest BCUT2D eigenvalue weighted by Gasteiger charge is -2.73. The number of rotatable bonds is 1. The summed E-state index contributed by atoms with van der Waals surface area (Å²) >= 11 is 0. The second kappa shape index (κ2) is 7.32. The van der Waals surface area contributed by atoms with Crippen LogP contribution in [0, 0.1) is 56.2 Å². The van der Waals surface area contributed by atoms with Crippen molar-refractivity contribution in [2.45, 2.75) is 132 Å². The molecule has 1 saturated heterocycles. The van der Waals surface area contributed by atoms with Gasteiger partial charge < -0.3 is 9.47 Å². The Morgan fingerprint density at radius 2 is 1.50 bits per heavy atom. The molecule has 0 spiro atoms. The van der Waals surface area contributed by atoms with Crippen molar-refractivity contribution in [1.29, 1.82) is 0 Å². The normalized spacial score (nSPS) is 54.3. The number of ether oxygens (including phenoxy) is 2. The van der Waals surface area contributed by atoms with Crippen LogP contribution in [-0.2, 0) is 19.1 Å². The van der Waals surface area contributed by atoms with Crippen molar-refractivity contribution in [2.24, 2.45) is 56.2 Å². The van der Waals surface area contributed by atoms with Crippen LogP contribution in [0.15, 0.2) is 0 Å². The van der Waals surface area contributed by atoms with Crippen molar-refractivity contribution >= 4 is 11.9 Å². The number of esters is 2. The van der Waals surface area contributed by atoms with Crippen LogP contribution in [0.5, 0.6) is 0 Å². The topological polar surface area (TPSA) is 52.6 Å². The third-order valence-corrected chi connectivity index (χ3v) is 14.3. The van der Waals surface area contributed by atoms with Crippen molar-refractivity contribution in [3.63, 3.8) is 0 Å². The molecule has 10 atom stereocenters. The van der Waals surface area contributed by atoms with Gasteiger partial charge in [0.1, 0.15) is 12.2 Å². The largest absolute Gasteiger partial charge is 0.462 e. The van der Waals surface area contributed by atoms with Gasteiger partial charge in [-0.25, -0.2) is 0 Å². The molecule has 202 valence electrons. The smallest absolute Gasteiger partial charge is 0.312 e. The van der Waals surface area contributed by atoms with E-state index in [0.29, 0.717) is 23.7 Å². The highest BCUT2D eigenvalue weighted by molar-refractivity contribution is 5.81. The van der Waals surface area contributed by atoms with Gasteiger partial charge >= 0.3 is 11.9 Å². The molecule has 6 fully saturated rings. The maximum Gasteiger partial charge on any atom is 0.312 e. The van der Waals surface area contributed by atoms with Crippen LogP contribution in [0.2, 0.25) is 0 Å². The van der Waals surface area contributed by atoms with E-state index in [0.717, 1.165) is 32.1 Å². The van der Waals surface area contributed by atoms with Crippen molar-refractivity contribution in [2.75, 3.05) is 0 Å².